The van der Waals surface area contributed by atoms with Gasteiger partial charge in [-0.15, -0.1) is 0 Å². The minimum absolute atomic E-state index is 0.474. The average molecular weight is 334 g/mol. The molecule has 1 heterocycles. The number of hydrogen-bond donors (Lipinski definition) is 2. The van der Waals surface area contributed by atoms with Gasteiger partial charge in [-0.1, -0.05) is 0 Å². The van der Waals surface area contributed by atoms with Gasteiger partial charge in [0.1, 0.15) is 0 Å². The minimum atomic E-state index is -3.37. The van der Waals surface area contributed by atoms with E-state index >= 15 is 0 Å². The van der Waals surface area contributed by atoms with Crippen LogP contribution in [-0.4, -0.2) is 31.2 Å². The van der Waals surface area contributed by atoms with Crippen molar-refractivity contribution in [3.05, 3.63) is 22.9 Å². The van der Waals surface area contributed by atoms with Gasteiger partial charge < -0.3 is 5.32 Å². The van der Waals surface area contributed by atoms with E-state index in [9.17, 15) is 8.42 Å². The van der Waals surface area contributed by atoms with Crippen molar-refractivity contribution in [2.45, 2.75) is 31.1 Å². The predicted molar refractivity (Wildman–Crippen MR) is 75.0 cm³/mol. The van der Waals surface area contributed by atoms with Crippen LogP contribution in [0.1, 0.15) is 19.8 Å². The van der Waals surface area contributed by atoms with Crippen molar-refractivity contribution in [1.29, 1.82) is 0 Å². The molecule has 1 saturated carbocycles. The van der Waals surface area contributed by atoms with Gasteiger partial charge in [-0.25, -0.2) is 8.42 Å². The largest absolute Gasteiger partial charge is 0.313 e. The lowest BCUT2D eigenvalue weighted by Crippen LogP contribution is -2.35. The van der Waals surface area contributed by atoms with Crippen LogP contribution in [0.3, 0.4) is 0 Å². The zero-order valence-corrected chi connectivity index (χ0v) is 12.5. The first-order valence-corrected chi connectivity index (χ1v) is 8.17. The van der Waals surface area contributed by atoms with Gasteiger partial charge in [0.15, 0.2) is 0 Å². The number of anilines is 1. The molecule has 18 heavy (non-hydrogen) atoms. The molecule has 1 atom stereocenters. The van der Waals surface area contributed by atoms with Crippen molar-refractivity contribution in [2.75, 3.05) is 11.3 Å². The molecule has 0 spiro atoms. The van der Waals surface area contributed by atoms with E-state index in [-0.39, 0.29) is 0 Å². The first-order valence-electron chi connectivity index (χ1n) is 5.83. The van der Waals surface area contributed by atoms with Crippen LogP contribution in [0.4, 0.5) is 5.69 Å². The molecule has 2 N–H and O–H groups in total. The maximum atomic E-state index is 12.1. The number of hydrogen-bond acceptors (Lipinski definition) is 4. The fourth-order valence-corrected chi connectivity index (χ4v) is 2.92. The Balaban J connectivity index is 1.99. The second-order valence-electron chi connectivity index (χ2n) is 4.50. The van der Waals surface area contributed by atoms with E-state index in [1.807, 2.05) is 0 Å². The maximum Gasteiger partial charge on any atom is 0.236 e. The van der Waals surface area contributed by atoms with E-state index in [2.05, 4.69) is 31.0 Å². The third kappa shape index (κ3) is 3.66. The monoisotopic (exact) mass is 333 g/mol. The van der Waals surface area contributed by atoms with Crippen LogP contribution in [-0.2, 0) is 10.0 Å². The quantitative estimate of drug-likeness (QED) is 0.831. The minimum Gasteiger partial charge on any atom is -0.313 e. The summed E-state index contributed by atoms with van der Waals surface area (Å²) in [6, 6.07) is 2.14. The Kier molecular flexibility index (Phi) is 4.24. The Morgan fingerprint density at radius 1 is 1.56 bits per heavy atom. The molecular weight excluding hydrogens is 318 g/mol. The molecule has 1 fully saturated rings. The number of halogens is 1. The van der Waals surface area contributed by atoms with Gasteiger partial charge in [-0.3, -0.25) is 9.71 Å². The molecule has 0 bridgehead atoms. The van der Waals surface area contributed by atoms with E-state index in [4.69, 9.17) is 0 Å². The number of pyridine rings is 1. The van der Waals surface area contributed by atoms with Crippen LogP contribution >= 0.6 is 15.9 Å². The number of nitrogens with one attached hydrogen (secondary N) is 2. The second-order valence-corrected chi connectivity index (χ2v) is 7.45. The molecule has 0 amide bonds. The summed E-state index contributed by atoms with van der Waals surface area (Å²) in [7, 11) is -3.37. The molecule has 1 aliphatic rings. The van der Waals surface area contributed by atoms with Crippen molar-refractivity contribution in [3.8, 4) is 0 Å². The molecule has 1 aromatic rings. The second kappa shape index (κ2) is 5.54. The summed E-state index contributed by atoms with van der Waals surface area (Å²) in [6.45, 7) is 2.18. The zero-order valence-electron chi connectivity index (χ0n) is 10.1. The predicted octanol–water partition coefficient (Wildman–Crippen LogP) is 1.73. The fraction of sp³-hybridized carbons (Fsp3) is 0.545. The van der Waals surface area contributed by atoms with E-state index < -0.39 is 15.3 Å². The van der Waals surface area contributed by atoms with Gasteiger partial charge in [0.05, 0.1) is 15.4 Å². The summed E-state index contributed by atoms with van der Waals surface area (Å²) in [5.74, 6) is 0. The molecule has 1 aliphatic carbocycles. The molecule has 1 aromatic heterocycles. The molecule has 2 rings (SSSR count). The van der Waals surface area contributed by atoms with Gasteiger partial charge in [-0.2, -0.15) is 0 Å². The van der Waals surface area contributed by atoms with E-state index in [0.717, 1.165) is 12.8 Å². The highest BCUT2D eigenvalue weighted by molar-refractivity contribution is 9.10. The van der Waals surface area contributed by atoms with Crippen molar-refractivity contribution in [2.24, 2.45) is 0 Å². The van der Waals surface area contributed by atoms with Crippen LogP contribution in [0, 0.1) is 0 Å². The number of aromatic nitrogens is 1. The first kappa shape index (κ1) is 13.8. The van der Waals surface area contributed by atoms with Crippen LogP contribution in [0.5, 0.6) is 0 Å². The third-order valence-corrected chi connectivity index (χ3v) is 5.19. The Hall–Kier alpha value is -0.660. The SMILES string of the molecule is CC(CNC1CC1)S(=O)(=O)Nc1ccncc1Br. The van der Waals surface area contributed by atoms with Crippen LogP contribution < -0.4 is 10.0 Å². The lowest BCUT2D eigenvalue weighted by molar-refractivity contribution is 0.576. The van der Waals surface area contributed by atoms with E-state index in [1.54, 1.807) is 25.4 Å². The molecule has 0 saturated heterocycles. The zero-order chi connectivity index (χ0) is 13.2. The number of nitrogens with zero attached hydrogens (tertiary/aromatic N) is 1. The van der Waals surface area contributed by atoms with Crippen LogP contribution in [0.25, 0.3) is 0 Å². The molecule has 100 valence electrons. The molecule has 1 unspecified atom stereocenters. The van der Waals surface area contributed by atoms with Gasteiger partial charge >= 0.3 is 0 Å². The molecule has 0 aromatic carbocycles. The lowest BCUT2D eigenvalue weighted by atomic mass is 10.4. The van der Waals surface area contributed by atoms with Crippen molar-refractivity contribution >= 4 is 31.6 Å². The normalized spacial score (nSPS) is 17.4. The number of rotatable bonds is 6. The highest BCUT2D eigenvalue weighted by Crippen LogP contribution is 2.22. The van der Waals surface area contributed by atoms with Crippen molar-refractivity contribution in [3.63, 3.8) is 0 Å². The van der Waals surface area contributed by atoms with Gasteiger partial charge in [-0.05, 0) is 41.8 Å². The first-order chi connectivity index (χ1) is 8.49. The smallest absolute Gasteiger partial charge is 0.236 e. The Labute approximate surface area is 116 Å². The number of sulfonamides is 1. The Bertz CT molecular complexity index is 517. The molecule has 0 radical (unpaired) electrons. The summed E-state index contributed by atoms with van der Waals surface area (Å²) in [4.78, 5) is 3.89. The summed E-state index contributed by atoms with van der Waals surface area (Å²) in [5, 5.41) is 2.75. The van der Waals surface area contributed by atoms with Crippen molar-refractivity contribution in [1.82, 2.24) is 10.3 Å². The summed E-state index contributed by atoms with van der Waals surface area (Å²) in [5.41, 5.74) is 0.517. The molecule has 5 nitrogen and oxygen atoms in total. The van der Waals surface area contributed by atoms with Crippen LogP contribution in [0.2, 0.25) is 0 Å². The average Bonchev–Trinajstić information content (AvgIpc) is 3.12. The van der Waals surface area contributed by atoms with Crippen LogP contribution in [0.15, 0.2) is 22.9 Å². The Morgan fingerprint density at radius 2 is 2.28 bits per heavy atom. The molecule has 0 aliphatic heterocycles. The standard InChI is InChI=1S/C11H16BrN3O2S/c1-8(6-14-9-2-3-9)18(16,17)15-11-4-5-13-7-10(11)12/h4-5,7-9,14H,2-3,6H2,1H3,(H,13,15). The summed E-state index contributed by atoms with van der Waals surface area (Å²) < 4.78 is 27.4. The topological polar surface area (TPSA) is 71.1 Å². The van der Waals surface area contributed by atoms with E-state index in [1.165, 1.54) is 0 Å². The fourth-order valence-electron chi connectivity index (χ4n) is 1.44. The molecule has 7 heteroatoms. The Morgan fingerprint density at radius 3 is 2.89 bits per heavy atom. The van der Waals surface area contributed by atoms with E-state index in [0.29, 0.717) is 22.7 Å². The highest BCUT2D eigenvalue weighted by Gasteiger charge is 2.26. The highest BCUT2D eigenvalue weighted by atomic mass is 79.9. The summed E-state index contributed by atoms with van der Waals surface area (Å²) >= 11 is 3.27. The maximum absolute atomic E-state index is 12.1. The lowest BCUT2D eigenvalue weighted by Gasteiger charge is -2.15. The third-order valence-electron chi connectivity index (χ3n) is 2.83. The van der Waals surface area contributed by atoms with Crippen molar-refractivity contribution < 1.29 is 8.42 Å². The van der Waals surface area contributed by atoms with Gasteiger partial charge in [0.2, 0.25) is 10.0 Å². The summed E-state index contributed by atoms with van der Waals surface area (Å²) in [6.07, 6.45) is 5.41. The van der Waals surface area contributed by atoms with Gasteiger partial charge in [0.25, 0.3) is 0 Å². The molecular formula is C11H16BrN3O2S. The van der Waals surface area contributed by atoms with Gasteiger partial charge in [0, 0.05) is 25.0 Å².